The van der Waals surface area contributed by atoms with E-state index in [4.69, 9.17) is 10.0 Å². The van der Waals surface area contributed by atoms with Gasteiger partial charge in [0.2, 0.25) is 0 Å². The third kappa shape index (κ3) is 6.07. The molecule has 1 rings (SSSR count). The molecule has 0 spiro atoms. The molecule has 1 aliphatic heterocycles. The van der Waals surface area contributed by atoms with Crippen molar-refractivity contribution in [3.63, 3.8) is 0 Å². The van der Waals surface area contributed by atoms with Crippen LogP contribution in [-0.2, 0) is 4.65 Å². The van der Waals surface area contributed by atoms with E-state index in [2.05, 4.69) is 9.55 Å². The molecule has 66 valence electrons. The summed E-state index contributed by atoms with van der Waals surface area (Å²) in [5.41, 5.74) is 0. The number of hydrogen-bond donors (Lipinski definition) is 2. The molecule has 0 unspecified atom stereocenters. The summed E-state index contributed by atoms with van der Waals surface area (Å²) in [4.78, 5) is 2.07. The predicted molar refractivity (Wildman–Crippen MR) is 42.7 cm³/mol. The maximum Gasteiger partial charge on any atom is 1.00 e. The van der Waals surface area contributed by atoms with Gasteiger partial charge in [0.05, 0.1) is 6.73 Å². The summed E-state index contributed by atoms with van der Waals surface area (Å²) in [7, 11) is -1.63. The summed E-state index contributed by atoms with van der Waals surface area (Å²) in [6, 6.07) is 0. The number of hydrogen-bond acceptors (Lipinski definition) is 4. The van der Waals surface area contributed by atoms with Crippen LogP contribution in [0.1, 0.15) is 20.7 Å². The van der Waals surface area contributed by atoms with Crippen LogP contribution in [0, 0.1) is 0 Å². The molecule has 1 aliphatic rings. The van der Waals surface area contributed by atoms with Crippen molar-refractivity contribution in [3.8, 4) is 0 Å². The van der Waals surface area contributed by atoms with Crippen molar-refractivity contribution >= 4 is 7.32 Å². The van der Waals surface area contributed by atoms with Gasteiger partial charge in [-0.3, -0.25) is 4.90 Å². The van der Waals surface area contributed by atoms with Crippen molar-refractivity contribution in [2.24, 2.45) is 0 Å². The van der Waals surface area contributed by atoms with Crippen LogP contribution < -0.4 is 51.4 Å². The van der Waals surface area contributed by atoms with Crippen molar-refractivity contribution in [3.05, 3.63) is 0 Å². The van der Waals surface area contributed by atoms with Crippen molar-refractivity contribution in [1.82, 2.24) is 4.90 Å². The molecule has 0 aromatic rings. The van der Waals surface area contributed by atoms with E-state index in [1.165, 1.54) is 19.3 Å². The summed E-state index contributed by atoms with van der Waals surface area (Å²) < 4.78 is 4.62. The number of likely N-dealkylation sites (tertiary alicyclic amines) is 1. The van der Waals surface area contributed by atoms with Crippen molar-refractivity contribution in [2.45, 2.75) is 19.3 Å². The smallest absolute Gasteiger partial charge is 1.00 e. The molecule has 0 aromatic carbocycles. The van der Waals surface area contributed by atoms with Crippen LogP contribution in [0.2, 0.25) is 0 Å². The van der Waals surface area contributed by atoms with E-state index in [0.717, 1.165) is 13.1 Å². The summed E-state index contributed by atoms with van der Waals surface area (Å²) >= 11 is 0. The van der Waals surface area contributed by atoms with Crippen LogP contribution in [0.5, 0.6) is 0 Å². The fourth-order valence-electron chi connectivity index (χ4n) is 1.26. The first-order valence-electron chi connectivity index (χ1n) is 3.99. The van der Waals surface area contributed by atoms with Gasteiger partial charge >= 0.3 is 58.7 Å². The van der Waals surface area contributed by atoms with E-state index < -0.39 is 7.32 Å². The normalized spacial score (nSPS) is 18.5. The number of rotatable bonds is 3. The van der Waals surface area contributed by atoms with Crippen LogP contribution in [-0.4, -0.2) is 42.1 Å². The van der Waals surface area contributed by atoms with Crippen LogP contribution in [0.3, 0.4) is 0 Å². The van der Waals surface area contributed by atoms with Gasteiger partial charge < -0.3 is 16.1 Å². The van der Waals surface area contributed by atoms with Gasteiger partial charge in [0, 0.05) is 13.1 Å². The van der Waals surface area contributed by atoms with Crippen LogP contribution in [0.15, 0.2) is 0 Å². The van der Waals surface area contributed by atoms with Gasteiger partial charge in [-0.1, -0.05) is 6.42 Å². The molecule has 6 heteroatoms. The molecule has 1 saturated heterocycles. The van der Waals surface area contributed by atoms with Crippen molar-refractivity contribution < 1.29 is 67.5 Å². The van der Waals surface area contributed by atoms with Gasteiger partial charge in [0.15, 0.2) is 0 Å². The summed E-state index contributed by atoms with van der Waals surface area (Å²) in [5, 5.41) is 16.8. The van der Waals surface area contributed by atoms with Crippen LogP contribution in [0.4, 0.5) is 0 Å². The fourth-order valence-corrected chi connectivity index (χ4v) is 1.26. The molecule has 0 amide bonds. The summed E-state index contributed by atoms with van der Waals surface area (Å²) in [5.74, 6) is 0. The first kappa shape index (κ1) is 13.5. The van der Waals surface area contributed by atoms with Gasteiger partial charge in [-0.15, -0.1) is 0 Å². The average Bonchev–Trinajstić information content (AvgIpc) is 2.03. The van der Waals surface area contributed by atoms with E-state index in [1.807, 2.05) is 0 Å². The standard InChI is InChI=1S/C6H14BNO3.K.H/c9-7(10)11-6-8-4-2-1-3-5-8;;/h9-10H,1-6H2;;/q;+1;-1. The Bertz CT molecular complexity index is 116. The molecule has 4 nitrogen and oxygen atoms in total. The Labute approximate surface area is 117 Å². The van der Waals surface area contributed by atoms with E-state index in [1.54, 1.807) is 0 Å². The van der Waals surface area contributed by atoms with Gasteiger partial charge in [-0.2, -0.15) is 0 Å². The molecule has 0 atom stereocenters. The van der Waals surface area contributed by atoms with E-state index in [9.17, 15) is 0 Å². The Kier molecular flexibility index (Phi) is 8.92. The van der Waals surface area contributed by atoms with Crippen molar-refractivity contribution in [2.75, 3.05) is 19.8 Å². The van der Waals surface area contributed by atoms with E-state index in [0.29, 0.717) is 6.73 Å². The predicted octanol–water partition coefficient (Wildman–Crippen LogP) is -3.47. The second-order valence-electron chi connectivity index (χ2n) is 2.80. The average molecular weight is 199 g/mol. The first-order valence-corrected chi connectivity index (χ1v) is 3.99. The molecule has 0 saturated carbocycles. The van der Waals surface area contributed by atoms with E-state index >= 15 is 0 Å². The molecule has 1 fully saturated rings. The van der Waals surface area contributed by atoms with Gasteiger partial charge in [-0.25, -0.2) is 0 Å². The number of piperidine rings is 1. The zero-order valence-corrected chi connectivity index (χ0v) is 10.7. The quantitative estimate of drug-likeness (QED) is 0.464. The number of nitrogens with zero attached hydrogens (tertiary/aromatic N) is 1. The van der Waals surface area contributed by atoms with Gasteiger partial charge in [0.25, 0.3) is 0 Å². The van der Waals surface area contributed by atoms with Gasteiger partial charge in [0.1, 0.15) is 0 Å². The van der Waals surface area contributed by atoms with E-state index in [-0.39, 0.29) is 52.8 Å². The van der Waals surface area contributed by atoms with Crippen molar-refractivity contribution in [1.29, 1.82) is 0 Å². The molecule has 0 radical (unpaired) electrons. The zero-order valence-electron chi connectivity index (χ0n) is 8.57. The summed E-state index contributed by atoms with van der Waals surface area (Å²) in [6.45, 7) is 2.34. The topological polar surface area (TPSA) is 52.9 Å². The second-order valence-corrected chi connectivity index (χ2v) is 2.80. The van der Waals surface area contributed by atoms with Gasteiger partial charge in [-0.05, 0) is 12.8 Å². The largest absolute Gasteiger partial charge is 1.00 e. The molecule has 0 aliphatic carbocycles. The molecular formula is C6H15BKNO3. The van der Waals surface area contributed by atoms with Crippen LogP contribution in [0.25, 0.3) is 0 Å². The Morgan fingerprint density at radius 1 is 1.25 bits per heavy atom. The Morgan fingerprint density at radius 3 is 2.33 bits per heavy atom. The molecule has 0 bridgehead atoms. The fraction of sp³-hybridized carbons (Fsp3) is 1.00. The Balaban J connectivity index is 0. The zero-order chi connectivity index (χ0) is 8.10. The maximum absolute atomic E-state index is 8.39. The second kappa shape index (κ2) is 7.90. The third-order valence-corrected chi connectivity index (χ3v) is 1.85. The molecule has 2 N–H and O–H groups in total. The Hall–Kier alpha value is 1.54. The third-order valence-electron chi connectivity index (χ3n) is 1.85. The Morgan fingerprint density at radius 2 is 1.83 bits per heavy atom. The molecular weight excluding hydrogens is 184 g/mol. The minimum absolute atomic E-state index is 0. The first-order chi connectivity index (χ1) is 5.29. The maximum atomic E-state index is 8.39. The molecule has 1 heterocycles. The minimum atomic E-state index is -1.63. The van der Waals surface area contributed by atoms with Crippen LogP contribution >= 0.6 is 0 Å². The minimum Gasteiger partial charge on any atom is -1.00 e. The molecule has 0 aromatic heterocycles. The summed E-state index contributed by atoms with van der Waals surface area (Å²) in [6.07, 6.45) is 3.65. The molecule has 12 heavy (non-hydrogen) atoms. The monoisotopic (exact) mass is 199 g/mol. The SMILES string of the molecule is OB(O)OCN1CCCCC1.[H-].[K+].